The molecular formula is C52H102N4O13. The number of ether oxygens (including phenoxy) is 9. The first-order valence-electron chi connectivity index (χ1n) is 26.4. The molecule has 0 aromatic carbocycles. The van der Waals surface area contributed by atoms with E-state index < -0.39 is 5.54 Å². The fourth-order valence-electron chi connectivity index (χ4n) is 7.02. The van der Waals surface area contributed by atoms with Gasteiger partial charge >= 0.3 is 0 Å². The lowest BCUT2D eigenvalue weighted by Gasteiger charge is -2.35. The molecule has 0 aliphatic heterocycles. The fraction of sp³-hybridized carbons (Fsp3) is 0.923. The Morgan fingerprint density at radius 3 is 1.00 bits per heavy atom. The molecule has 17 heteroatoms. The lowest BCUT2D eigenvalue weighted by Crippen LogP contribution is -2.50. The van der Waals surface area contributed by atoms with E-state index in [0.717, 1.165) is 25.7 Å². The van der Waals surface area contributed by atoms with Gasteiger partial charge in [-0.2, -0.15) is 0 Å². The molecule has 0 radical (unpaired) electrons. The van der Waals surface area contributed by atoms with Crippen molar-refractivity contribution in [3.8, 4) is 0 Å². The molecule has 0 unspecified atom stereocenters. The molecule has 0 aromatic heterocycles. The van der Waals surface area contributed by atoms with Gasteiger partial charge in [-0.1, -0.05) is 86.5 Å². The van der Waals surface area contributed by atoms with Gasteiger partial charge in [0.1, 0.15) is 0 Å². The molecule has 0 aliphatic carbocycles. The number of carbonyl (C=O) groups is 4. The highest BCUT2D eigenvalue weighted by molar-refractivity contribution is 5.80. The number of hydrogen-bond acceptors (Lipinski definition) is 13. The molecule has 0 bridgehead atoms. The van der Waals surface area contributed by atoms with Crippen molar-refractivity contribution in [3.63, 3.8) is 0 Å². The summed E-state index contributed by atoms with van der Waals surface area (Å²) < 4.78 is 49.6. The highest BCUT2D eigenvalue weighted by atomic mass is 16.6. The van der Waals surface area contributed by atoms with Gasteiger partial charge in [-0.25, -0.2) is 0 Å². The van der Waals surface area contributed by atoms with Crippen LogP contribution in [-0.2, 0) is 61.8 Å². The zero-order valence-electron chi connectivity index (χ0n) is 45.0. The van der Waals surface area contributed by atoms with E-state index in [4.69, 9.17) is 42.6 Å². The van der Waals surface area contributed by atoms with Gasteiger partial charge in [0.25, 0.3) is 0 Å². The third-order valence-corrected chi connectivity index (χ3v) is 10.9. The van der Waals surface area contributed by atoms with E-state index in [1.807, 2.05) is 13.8 Å². The third kappa shape index (κ3) is 48.9. The van der Waals surface area contributed by atoms with Crippen molar-refractivity contribution < 1.29 is 61.8 Å². The Bertz CT molecular complexity index is 1190. The van der Waals surface area contributed by atoms with Crippen molar-refractivity contribution in [3.05, 3.63) is 0 Å². The Morgan fingerprint density at radius 2 is 0.652 bits per heavy atom. The summed E-state index contributed by atoms with van der Waals surface area (Å²) in [7, 11) is 0. The average molecular weight is 991 g/mol. The van der Waals surface area contributed by atoms with Crippen LogP contribution in [0.3, 0.4) is 0 Å². The Morgan fingerprint density at radius 1 is 0.333 bits per heavy atom. The van der Waals surface area contributed by atoms with Crippen LogP contribution in [0.4, 0.5) is 0 Å². The van der Waals surface area contributed by atoms with Gasteiger partial charge < -0.3 is 63.9 Å². The van der Waals surface area contributed by atoms with Gasteiger partial charge in [0, 0.05) is 64.1 Å². The van der Waals surface area contributed by atoms with Crippen molar-refractivity contribution in [2.75, 3.05) is 139 Å². The molecule has 0 rings (SSSR count). The normalized spacial score (nSPS) is 12.1. The second-order valence-corrected chi connectivity index (χ2v) is 19.9. The second kappa shape index (κ2) is 45.4. The Labute approximate surface area is 418 Å². The molecule has 69 heavy (non-hydrogen) atoms. The van der Waals surface area contributed by atoms with Crippen LogP contribution in [-0.4, -0.2) is 168 Å². The van der Waals surface area contributed by atoms with Crippen molar-refractivity contribution in [1.82, 2.24) is 21.3 Å². The SMILES string of the molecule is CCOCCOCCOCCNC(=O)CCC(CCC(=O)NCCOCCOCCOCC)(CCC(=O)NCCOCCOCCOCC(C)(C)C)NC(=O)CCCCCCCCCCC(C)(C)C. The Balaban J connectivity index is 5.48. The average Bonchev–Trinajstić information content (AvgIpc) is 3.29. The largest absolute Gasteiger partial charge is 0.379 e. The molecule has 4 amide bonds. The summed E-state index contributed by atoms with van der Waals surface area (Å²) in [5.74, 6) is -0.788. The number of hydrogen-bond donors (Lipinski definition) is 4. The maximum Gasteiger partial charge on any atom is 0.220 e. The van der Waals surface area contributed by atoms with Crippen LogP contribution in [0, 0.1) is 10.8 Å². The summed E-state index contributed by atoms with van der Waals surface area (Å²) in [5, 5.41) is 12.0. The molecule has 408 valence electrons. The van der Waals surface area contributed by atoms with E-state index in [0.29, 0.717) is 150 Å². The first-order valence-corrected chi connectivity index (χ1v) is 26.4. The molecule has 0 saturated heterocycles. The van der Waals surface area contributed by atoms with Crippen LogP contribution in [0.2, 0.25) is 0 Å². The van der Waals surface area contributed by atoms with E-state index in [1.54, 1.807) is 0 Å². The van der Waals surface area contributed by atoms with Gasteiger partial charge in [-0.3, -0.25) is 19.2 Å². The minimum atomic E-state index is -0.995. The van der Waals surface area contributed by atoms with E-state index in [9.17, 15) is 19.2 Å². The first kappa shape index (κ1) is 66.5. The minimum absolute atomic E-state index is 0.0813. The first-order chi connectivity index (χ1) is 33.1. The van der Waals surface area contributed by atoms with Crippen molar-refractivity contribution in [2.45, 2.75) is 164 Å². The van der Waals surface area contributed by atoms with Crippen LogP contribution in [0.15, 0.2) is 0 Å². The van der Waals surface area contributed by atoms with Gasteiger partial charge in [0.05, 0.1) is 106 Å². The van der Waals surface area contributed by atoms with Crippen LogP contribution in [0.5, 0.6) is 0 Å². The highest BCUT2D eigenvalue weighted by Crippen LogP contribution is 2.27. The number of rotatable bonds is 50. The number of unbranched alkanes of at least 4 members (excludes halogenated alkanes) is 7. The Kier molecular flexibility index (Phi) is 43.8. The molecule has 0 aliphatic rings. The molecule has 0 heterocycles. The van der Waals surface area contributed by atoms with Crippen LogP contribution < -0.4 is 21.3 Å². The van der Waals surface area contributed by atoms with Gasteiger partial charge in [0.2, 0.25) is 23.6 Å². The van der Waals surface area contributed by atoms with Crippen LogP contribution in [0.25, 0.3) is 0 Å². The zero-order valence-corrected chi connectivity index (χ0v) is 45.0. The molecular weight excluding hydrogens is 889 g/mol. The topological polar surface area (TPSA) is 199 Å². The number of nitrogens with one attached hydrogen (secondary N) is 4. The fourth-order valence-corrected chi connectivity index (χ4v) is 7.02. The maximum atomic E-state index is 13.7. The smallest absolute Gasteiger partial charge is 0.220 e. The lowest BCUT2D eigenvalue weighted by atomic mass is 9.82. The van der Waals surface area contributed by atoms with Crippen molar-refractivity contribution in [2.24, 2.45) is 10.8 Å². The quantitative estimate of drug-likeness (QED) is 0.0470. The van der Waals surface area contributed by atoms with Crippen LogP contribution >= 0.6 is 0 Å². The number of carbonyl (C=O) groups excluding carboxylic acids is 4. The molecule has 0 aromatic rings. The predicted molar refractivity (Wildman–Crippen MR) is 271 cm³/mol. The summed E-state index contributed by atoms with van der Waals surface area (Å²) >= 11 is 0. The molecule has 0 spiro atoms. The predicted octanol–water partition coefficient (Wildman–Crippen LogP) is 6.71. The van der Waals surface area contributed by atoms with Gasteiger partial charge in [-0.15, -0.1) is 0 Å². The standard InChI is InChI=1S/C52H102N4O13/c1-9-61-33-35-66-40-37-63-30-27-53-46(57)20-24-52(25-21-47(58)54-28-31-64-38-41-67-36-34-62-10-2,56-49(60)19-17-15-13-11-12-14-16-18-23-50(3,4)5)26-22-48(59)55-29-32-65-39-42-68-43-44-69-45-51(6,7)8/h9-45H2,1-8H3,(H,53,57)(H,54,58)(H,55,59)(H,56,60). The van der Waals surface area contributed by atoms with Crippen molar-refractivity contribution in [1.29, 1.82) is 0 Å². The van der Waals surface area contributed by atoms with Gasteiger partial charge in [-0.05, 0) is 56.8 Å². The summed E-state index contributed by atoms with van der Waals surface area (Å²) in [6.07, 6.45) is 11.4. The summed E-state index contributed by atoms with van der Waals surface area (Å²) in [4.78, 5) is 53.4. The molecule has 0 atom stereocenters. The summed E-state index contributed by atoms with van der Waals surface area (Å²) in [6, 6.07) is 0. The zero-order chi connectivity index (χ0) is 51.2. The number of amides is 4. The summed E-state index contributed by atoms with van der Waals surface area (Å²) in [5.41, 5.74) is -0.512. The Hall–Kier alpha value is -2.48. The molecule has 4 N–H and O–H groups in total. The van der Waals surface area contributed by atoms with E-state index in [-0.39, 0.29) is 67.6 Å². The highest BCUT2D eigenvalue weighted by Gasteiger charge is 2.33. The molecule has 0 saturated carbocycles. The van der Waals surface area contributed by atoms with E-state index in [1.165, 1.54) is 32.1 Å². The molecule has 0 fully saturated rings. The minimum Gasteiger partial charge on any atom is -0.379 e. The van der Waals surface area contributed by atoms with Crippen molar-refractivity contribution >= 4 is 23.6 Å². The second-order valence-electron chi connectivity index (χ2n) is 19.9. The third-order valence-electron chi connectivity index (χ3n) is 10.9. The lowest BCUT2D eigenvalue weighted by molar-refractivity contribution is -0.127. The van der Waals surface area contributed by atoms with E-state index >= 15 is 0 Å². The maximum absolute atomic E-state index is 13.7. The van der Waals surface area contributed by atoms with Crippen LogP contribution in [0.1, 0.15) is 158 Å². The van der Waals surface area contributed by atoms with E-state index in [2.05, 4.69) is 62.8 Å². The monoisotopic (exact) mass is 991 g/mol. The summed E-state index contributed by atoms with van der Waals surface area (Å²) in [6.45, 7) is 26.4. The van der Waals surface area contributed by atoms with Gasteiger partial charge in [0.15, 0.2) is 0 Å². The molecule has 17 nitrogen and oxygen atoms in total.